The summed E-state index contributed by atoms with van der Waals surface area (Å²) in [6.07, 6.45) is 2.66. The van der Waals surface area contributed by atoms with E-state index in [1.54, 1.807) is 6.33 Å². The maximum atomic E-state index is 13.0. The monoisotopic (exact) mass is 539 g/mol. The lowest BCUT2D eigenvalue weighted by Gasteiger charge is -2.37. The molecule has 0 spiro atoms. The largest absolute Gasteiger partial charge is 0.369 e. The van der Waals surface area contributed by atoms with E-state index in [-0.39, 0.29) is 5.78 Å². The van der Waals surface area contributed by atoms with Crippen LogP contribution in [-0.4, -0.2) is 69.5 Å². The van der Waals surface area contributed by atoms with Crippen molar-refractivity contribution in [1.29, 1.82) is 0 Å². The lowest BCUT2D eigenvalue weighted by atomic mass is 10.0. The molecule has 1 N–H and O–H groups in total. The molecule has 0 bridgehead atoms. The molecule has 8 nitrogen and oxygen atoms in total. The van der Waals surface area contributed by atoms with E-state index in [0.717, 1.165) is 61.7 Å². The van der Waals surface area contributed by atoms with Crippen LogP contribution < -0.4 is 10.2 Å². The minimum Gasteiger partial charge on any atom is -0.369 e. The Hall–Kier alpha value is -4.01. The van der Waals surface area contributed by atoms with Gasteiger partial charge < -0.3 is 10.2 Å². The molecule has 39 heavy (non-hydrogen) atoms. The molecule has 6 rings (SSSR count). The number of carbonyl (C=O) groups excluding carboxylic acids is 1. The molecule has 2 aromatic heterocycles. The number of ketones is 1. The first-order valence-electron chi connectivity index (χ1n) is 13.3. The van der Waals surface area contributed by atoms with Gasteiger partial charge in [0.1, 0.15) is 6.33 Å². The first kappa shape index (κ1) is 25.3. The smallest absolute Gasteiger partial charge is 0.203 e. The summed E-state index contributed by atoms with van der Waals surface area (Å²) in [7, 11) is 0. The van der Waals surface area contributed by atoms with Gasteiger partial charge in [0.25, 0.3) is 0 Å². The van der Waals surface area contributed by atoms with Gasteiger partial charge in [-0.3, -0.25) is 14.1 Å². The van der Waals surface area contributed by atoms with Crippen molar-refractivity contribution < 1.29 is 4.79 Å². The second-order valence-corrected chi connectivity index (χ2v) is 10.4. The van der Waals surface area contributed by atoms with Crippen molar-refractivity contribution in [3.8, 4) is 0 Å². The number of benzene rings is 3. The van der Waals surface area contributed by atoms with Crippen LogP contribution >= 0.6 is 11.6 Å². The molecule has 0 unspecified atom stereocenters. The van der Waals surface area contributed by atoms with E-state index in [1.807, 2.05) is 59.0 Å². The molecule has 0 amide bonds. The Morgan fingerprint density at radius 2 is 1.79 bits per heavy atom. The fourth-order valence-corrected chi connectivity index (χ4v) is 5.38. The number of nitrogens with one attached hydrogen (secondary N) is 1. The minimum atomic E-state index is -0.0236. The molecule has 0 saturated carbocycles. The summed E-state index contributed by atoms with van der Waals surface area (Å²) in [4.78, 5) is 22.7. The predicted octanol–water partition coefficient (Wildman–Crippen LogP) is 5.09. The Morgan fingerprint density at radius 3 is 2.62 bits per heavy atom. The Bertz CT molecular complexity index is 1630. The third kappa shape index (κ3) is 5.30. The first-order valence-corrected chi connectivity index (χ1v) is 13.7. The molecule has 3 heterocycles. The van der Waals surface area contributed by atoms with Gasteiger partial charge in [-0.15, -0.1) is 10.2 Å². The number of anilines is 2. The van der Waals surface area contributed by atoms with Crippen molar-refractivity contribution in [2.75, 3.05) is 49.5 Å². The van der Waals surface area contributed by atoms with Crippen LogP contribution in [0.4, 0.5) is 11.5 Å². The lowest BCUT2D eigenvalue weighted by Crippen LogP contribution is -2.47. The van der Waals surface area contributed by atoms with Gasteiger partial charge >= 0.3 is 0 Å². The molecule has 1 saturated heterocycles. The van der Waals surface area contributed by atoms with Crippen LogP contribution in [-0.2, 0) is 0 Å². The molecular formula is C30H30ClN7O. The molecule has 1 aliphatic heterocycles. The molecule has 1 fully saturated rings. The number of aryl methyl sites for hydroxylation is 1. The normalized spacial score (nSPS) is 14.3. The second kappa shape index (κ2) is 11.0. The standard InChI is InChI=1S/C30H30ClN7O/c1-21-8-10-24(31)19-26(21)37-16-14-36(15-17-37)13-5-12-32-29-30-35-33-20-38(30)27-18-23(9-11-25(27)34-29)28(39)22-6-3-2-4-7-22/h2-4,6-11,18-20H,5,12-17H2,1H3,(H,32,34). The van der Waals surface area contributed by atoms with Gasteiger partial charge in [0.15, 0.2) is 11.6 Å². The quantitative estimate of drug-likeness (QED) is 0.217. The van der Waals surface area contributed by atoms with Gasteiger partial charge in [-0.1, -0.05) is 48.0 Å². The van der Waals surface area contributed by atoms with E-state index >= 15 is 0 Å². The average Bonchev–Trinajstić information content (AvgIpc) is 3.48. The number of rotatable bonds is 8. The zero-order valence-electron chi connectivity index (χ0n) is 21.8. The van der Waals surface area contributed by atoms with Crippen molar-refractivity contribution in [3.63, 3.8) is 0 Å². The highest BCUT2D eigenvalue weighted by Gasteiger charge is 2.19. The van der Waals surface area contributed by atoms with Gasteiger partial charge in [0, 0.05) is 54.6 Å². The summed E-state index contributed by atoms with van der Waals surface area (Å²) in [5.41, 5.74) is 5.99. The fraction of sp³-hybridized carbons (Fsp3) is 0.267. The van der Waals surface area contributed by atoms with E-state index in [2.05, 4.69) is 44.4 Å². The number of nitrogens with zero attached hydrogens (tertiary/aromatic N) is 6. The van der Waals surface area contributed by atoms with Gasteiger partial charge in [0.2, 0.25) is 5.65 Å². The van der Waals surface area contributed by atoms with Gasteiger partial charge in [-0.25, -0.2) is 4.98 Å². The van der Waals surface area contributed by atoms with Gasteiger partial charge in [0.05, 0.1) is 11.0 Å². The molecule has 0 radical (unpaired) electrons. The summed E-state index contributed by atoms with van der Waals surface area (Å²) < 4.78 is 1.89. The predicted molar refractivity (Wildman–Crippen MR) is 156 cm³/mol. The maximum absolute atomic E-state index is 13.0. The average molecular weight is 540 g/mol. The molecule has 0 aliphatic carbocycles. The molecule has 198 valence electrons. The number of fused-ring (bicyclic) bond motifs is 3. The Morgan fingerprint density at radius 1 is 0.974 bits per heavy atom. The van der Waals surface area contributed by atoms with Gasteiger partial charge in [-0.2, -0.15) is 0 Å². The SMILES string of the molecule is Cc1ccc(Cl)cc1N1CCN(CCCNc2nc3ccc(C(=O)c4ccccc4)cc3n3cnnc23)CC1. The van der Waals surface area contributed by atoms with E-state index in [4.69, 9.17) is 16.6 Å². The van der Waals surface area contributed by atoms with E-state index in [1.165, 1.54) is 11.3 Å². The highest BCUT2D eigenvalue weighted by atomic mass is 35.5. The molecule has 9 heteroatoms. The fourth-order valence-electron chi connectivity index (χ4n) is 5.22. The zero-order valence-corrected chi connectivity index (χ0v) is 22.6. The lowest BCUT2D eigenvalue weighted by molar-refractivity contribution is 0.103. The van der Waals surface area contributed by atoms with Crippen LogP contribution in [0.3, 0.4) is 0 Å². The van der Waals surface area contributed by atoms with Crippen molar-refractivity contribution >= 4 is 45.6 Å². The van der Waals surface area contributed by atoms with Crippen LogP contribution in [0.1, 0.15) is 27.9 Å². The number of hydrogen-bond donors (Lipinski definition) is 1. The Balaban J connectivity index is 1.08. The van der Waals surface area contributed by atoms with E-state index in [0.29, 0.717) is 22.6 Å². The molecule has 3 aromatic carbocycles. The third-order valence-corrected chi connectivity index (χ3v) is 7.59. The zero-order chi connectivity index (χ0) is 26.8. The molecule has 1 aliphatic rings. The third-order valence-electron chi connectivity index (χ3n) is 7.35. The van der Waals surface area contributed by atoms with Crippen LogP contribution in [0.25, 0.3) is 16.7 Å². The number of halogens is 1. The number of aromatic nitrogens is 4. The number of carbonyl (C=O) groups is 1. The van der Waals surface area contributed by atoms with Crippen molar-refractivity contribution in [2.24, 2.45) is 0 Å². The minimum absolute atomic E-state index is 0.0236. The van der Waals surface area contributed by atoms with Crippen molar-refractivity contribution in [3.05, 3.63) is 94.8 Å². The summed E-state index contributed by atoms with van der Waals surface area (Å²) in [5.74, 6) is 0.674. The molecule has 5 aromatic rings. The summed E-state index contributed by atoms with van der Waals surface area (Å²) in [6.45, 7) is 7.97. The van der Waals surface area contributed by atoms with Gasteiger partial charge in [-0.05, 0) is 55.8 Å². The van der Waals surface area contributed by atoms with Crippen LogP contribution in [0.2, 0.25) is 5.02 Å². The summed E-state index contributed by atoms with van der Waals surface area (Å²) in [6, 6.07) is 21.0. The number of hydrogen-bond acceptors (Lipinski definition) is 7. The van der Waals surface area contributed by atoms with Crippen LogP contribution in [0, 0.1) is 6.92 Å². The highest BCUT2D eigenvalue weighted by molar-refractivity contribution is 6.30. The second-order valence-electron chi connectivity index (χ2n) is 9.92. The summed E-state index contributed by atoms with van der Waals surface area (Å²) >= 11 is 6.23. The van der Waals surface area contributed by atoms with Crippen molar-refractivity contribution in [1.82, 2.24) is 24.5 Å². The van der Waals surface area contributed by atoms with Crippen molar-refractivity contribution in [2.45, 2.75) is 13.3 Å². The Kier molecular flexibility index (Phi) is 7.13. The van der Waals surface area contributed by atoms with Crippen LogP contribution in [0.5, 0.6) is 0 Å². The maximum Gasteiger partial charge on any atom is 0.203 e. The highest BCUT2D eigenvalue weighted by Crippen LogP contribution is 2.26. The molecule has 0 atom stereocenters. The number of piperazine rings is 1. The van der Waals surface area contributed by atoms with Crippen LogP contribution in [0.15, 0.2) is 73.1 Å². The Labute approximate surface area is 232 Å². The first-order chi connectivity index (χ1) is 19.1. The van der Waals surface area contributed by atoms with E-state index < -0.39 is 0 Å². The molecular weight excluding hydrogens is 510 g/mol. The van der Waals surface area contributed by atoms with E-state index in [9.17, 15) is 4.79 Å². The topological polar surface area (TPSA) is 78.7 Å². The summed E-state index contributed by atoms with van der Waals surface area (Å²) in [5, 5.41) is 12.7.